The number of carboxylic acid groups (broad SMARTS) is 1. The third-order valence-electron chi connectivity index (χ3n) is 3.43. The molecule has 1 fully saturated rings. The Kier molecular flexibility index (Phi) is 4.39. The van der Waals surface area contributed by atoms with Gasteiger partial charge in [0.15, 0.2) is 6.04 Å². The molecular formula is C14H18N2O3. The molecule has 1 atom stereocenters. The second-order valence-corrected chi connectivity index (χ2v) is 4.83. The van der Waals surface area contributed by atoms with Crippen molar-refractivity contribution in [3.8, 4) is 0 Å². The van der Waals surface area contributed by atoms with Crippen molar-refractivity contribution >= 4 is 12.0 Å². The molecule has 19 heavy (non-hydrogen) atoms. The van der Waals surface area contributed by atoms with Crippen LogP contribution in [0, 0.1) is 5.92 Å². The Morgan fingerprint density at radius 1 is 1.26 bits per heavy atom. The number of hydrogen-bond acceptors (Lipinski definition) is 2. The molecule has 0 bridgehead atoms. The fraction of sp³-hybridized carbons (Fsp3) is 0.429. The van der Waals surface area contributed by atoms with E-state index < -0.39 is 18.0 Å². The summed E-state index contributed by atoms with van der Waals surface area (Å²) in [7, 11) is 0. The third kappa shape index (κ3) is 3.71. The zero-order valence-corrected chi connectivity index (χ0v) is 10.6. The van der Waals surface area contributed by atoms with E-state index in [9.17, 15) is 9.59 Å². The lowest BCUT2D eigenvalue weighted by Gasteiger charge is -2.25. The number of benzene rings is 1. The number of rotatable bonds is 5. The molecule has 0 aromatic heterocycles. The van der Waals surface area contributed by atoms with E-state index in [-0.39, 0.29) is 0 Å². The number of amides is 2. The van der Waals surface area contributed by atoms with Gasteiger partial charge in [-0.2, -0.15) is 0 Å². The number of carboxylic acids is 1. The summed E-state index contributed by atoms with van der Waals surface area (Å²) >= 11 is 0. The standard InChI is InChI=1S/C14H18N2O3/c17-13(18)12(11-7-2-1-3-8-11)16-14(19)15-9-10-5-4-6-10/h1-3,7-8,10,12H,4-6,9H2,(H,17,18)(H2,15,16,19)/t12-/m1/s1. The quantitative estimate of drug-likeness (QED) is 0.758. The molecular weight excluding hydrogens is 244 g/mol. The van der Waals surface area contributed by atoms with Crippen molar-refractivity contribution in [2.75, 3.05) is 6.54 Å². The molecule has 1 aliphatic rings. The van der Waals surface area contributed by atoms with Crippen LogP contribution in [0.2, 0.25) is 0 Å². The van der Waals surface area contributed by atoms with Crippen molar-refractivity contribution in [2.24, 2.45) is 5.92 Å². The summed E-state index contributed by atoms with van der Waals surface area (Å²) in [5.74, 6) is -0.518. The van der Waals surface area contributed by atoms with Crippen molar-refractivity contribution in [1.82, 2.24) is 10.6 Å². The van der Waals surface area contributed by atoms with Gasteiger partial charge in [-0.05, 0) is 24.3 Å². The van der Waals surface area contributed by atoms with Crippen LogP contribution < -0.4 is 10.6 Å². The van der Waals surface area contributed by atoms with Crippen LogP contribution in [-0.2, 0) is 4.79 Å². The highest BCUT2D eigenvalue weighted by Crippen LogP contribution is 2.25. The predicted molar refractivity (Wildman–Crippen MR) is 70.7 cm³/mol. The van der Waals surface area contributed by atoms with Crippen LogP contribution in [-0.4, -0.2) is 23.7 Å². The van der Waals surface area contributed by atoms with Gasteiger partial charge in [0.1, 0.15) is 0 Å². The van der Waals surface area contributed by atoms with Gasteiger partial charge in [-0.3, -0.25) is 0 Å². The summed E-state index contributed by atoms with van der Waals surface area (Å²) in [4.78, 5) is 22.9. The summed E-state index contributed by atoms with van der Waals surface area (Å²) in [5.41, 5.74) is 0.564. The molecule has 3 N–H and O–H groups in total. The molecule has 0 radical (unpaired) electrons. The molecule has 2 rings (SSSR count). The van der Waals surface area contributed by atoms with Crippen LogP contribution in [0.15, 0.2) is 30.3 Å². The minimum Gasteiger partial charge on any atom is -0.479 e. The maximum absolute atomic E-state index is 11.7. The topological polar surface area (TPSA) is 78.4 Å². The van der Waals surface area contributed by atoms with Gasteiger partial charge in [0.2, 0.25) is 0 Å². The first-order chi connectivity index (χ1) is 9.16. The highest BCUT2D eigenvalue weighted by molar-refractivity contribution is 5.83. The molecule has 102 valence electrons. The van der Waals surface area contributed by atoms with E-state index in [1.54, 1.807) is 30.3 Å². The third-order valence-corrected chi connectivity index (χ3v) is 3.43. The van der Waals surface area contributed by atoms with Crippen LogP contribution in [0.25, 0.3) is 0 Å². The number of carbonyl (C=O) groups excluding carboxylic acids is 1. The molecule has 0 saturated heterocycles. The summed E-state index contributed by atoms with van der Waals surface area (Å²) < 4.78 is 0. The molecule has 0 unspecified atom stereocenters. The van der Waals surface area contributed by atoms with E-state index in [1.807, 2.05) is 0 Å². The van der Waals surface area contributed by atoms with Gasteiger partial charge in [0.05, 0.1) is 0 Å². The van der Waals surface area contributed by atoms with E-state index in [4.69, 9.17) is 5.11 Å². The Balaban J connectivity index is 1.89. The molecule has 0 spiro atoms. The van der Waals surface area contributed by atoms with Crippen molar-refractivity contribution in [1.29, 1.82) is 0 Å². The molecule has 2 amide bonds. The van der Waals surface area contributed by atoms with Gasteiger partial charge < -0.3 is 15.7 Å². The lowest BCUT2D eigenvalue weighted by molar-refractivity contribution is -0.139. The summed E-state index contributed by atoms with van der Waals surface area (Å²) in [5, 5.41) is 14.4. The first kappa shape index (κ1) is 13.4. The van der Waals surface area contributed by atoms with Crippen LogP contribution >= 0.6 is 0 Å². The van der Waals surface area contributed by atoms with Crippen LogP contribution in [0.4, 0.5) is 4.79 Å². The number of nitrogens with one attached hydrogen (secondary N) is 2. The average molecular weight is 262 g/mol. The number of aliphatic carboxylic acids is 1. The fourth-order valence-electron chi connectivity index (χ4n) is 2.05. The first-order valence-corrected chi connectivity index (χ1v) is 6.49. The summed E-state index contributed by atoms with van der Waals surface area (Å²) in [6, 6.07) is 7.23. The zero-order valence-electron chi connectivity index (χ0n) is 10.6. The van der Waals surface area contributed by atoms with Gasteiger partial charge in [-0.25, -0.2) is 9.59 Å². The summed E-state index contributed by atoms with van der Waals surface area (Å²) in [6.45, 7) is 0.618. The van der Waals surface area contributed by atoms with Gasteiger partial charge in [-0.1, -0.05) is 36.8 Å². The molecule has 1 aliphatic carbocycles. The van der Waals surface area contributed by atoms with Gasteiger partial charge >= 0.3 is 12.0 Å². The normalized spacial score (nSPS) is 16.2. The Morgan fingerprint density at radius 2 is 1.95 bits per heavy atom. The monoisotopic (exact) mass is 262 g/mol. The van der Waals surface area contributed by atoms with Gasteiger partial charge in [-0.15, -0.1) is 0 Å². The summed E-state index contributed by atoms with van der Waals surface area (Å²) in [6.07, 6.45) is 3.50. The molecule has 0 aliphatic heterocycles. The highest BCUT2D eigenvalue weighted by Gasteiger charge is 2.23. The van der Waals surface area contributed by atoms with Gasteiger partial charge in [0.25, 0.3) is 0 Å². The smallest absolute Gasteiger partial charge is 0.330 e. The Hall–Kier alpha value is -2.04. The fourth-order valence-corrected chi connectivity index (χ4v) is 2.05. The molecule has 5 heteroatoms. The van der Waals surface area contributed by atoms with E-state index in [2.05, 4.69) is 10.6 Å². The largest absolute Gasteiger partial charge is 0.479 e. The Labute approximate surface area is 112 Å². The second-order valence-electron chi connectivity index (χ2n) is 4.83. The predicted octanol–water partition coefficient (Wildman–Crippen LogP) is 1.91. The van der Waals surface area contributed by atoms with Crippen molar-refractivity contribution in [3.63, 3.8) is 0 Å². The maximum atomic E-state index is 11.7. The molecule has 0 heterocycles. The second kappa shape index (κ2) is 6.22. The molecule has 1 saturated carbocycles. The minimum atomic E-state index is -1.06. The lowest BCUT2D eigenvalue weighted by atomic mass is 9.85. The van der Waals surface area contributed by atoms with Crippen LogP contribution in [0.5, 0.6) is 0 Å². The number of carbonyl (C=O) groups is 2. The lowest BCUT2D eigenvalue weighted by Crippen LogP contribution is -2.43. The van der Waals surface area contributed by atoms with Crippen LogP contribution in [0.3, 0.4) is 0 Å². The number of urea groups is 1. The average Bonchev–Trinajstić information content (AvgIpc) is 2.35. The van der Waals surface area contributed by atoms with Crippen molar-refractivity contribution in [3.05, 3.63) is 35.9 Å². The Bertz CT molecular complexity index is 443. The van der Waals surface area contributed by atoms with Gasteiger partial charge in [0, 0.05) is 6.54 Å². The minimum absolute atomic E-state index is 0.428. The van der Waals surface area contributed by atoms with E-state index in [0.717, 1.165) is 12.8 Å². The first-order valence-electron chi connectivity index (χ1n) is 6.49. The van der Waals surface area contributed by atoms with Crippen molar-refractivity contribution in [2.45, 2.75) is 25.3 Å². The van der Waals surface area contributed by atoms with Crippen LogP contribution in [0.1, 0.15) is 30.9 Å². The highest BCUT2D eigenvalue weighted by atomic mass is 16.4. The Morgan fingerprint density at radius 3 is 2.47 bits per heavy atom. The zero-order chi connectivity index (χ0) is 13.7. The van der Waals surface area contributed by atoms with E-state index >= 15 is 0 Å². The SMILES string of the molecule is O=C(NCC1CCC1)N[C@@H](C(=O)O)c1ccccc1. The molecule has 1 aromatic rings. The number of hydrogen-bond donors (Lipinski definition) is 3. The molecule has 1 aromatic carbocycles. The van der Waals surface area contributed by atoms with Crippen molar-refractivity contribution < 1.29 is 14.7 Å². The van der Waals surface area contributed by atoms with E-state index in [1.165, 1.54) is 6.42 Å². The maximum Gasteiger partial charge on any atom is 0.330 e. The van der Waals surface area contributed by atoms with E-state index in [0.29, 0.717) is 18.0 Å². The molecule has 5 nitrogen and oxygen atoms in total.